The van der Waals surface area contributed by atoms with Gasteiger partial charge >= 0.3 is 0 Å². The highest BCUT2D eigenvalue weighted by atomic mass is 32.1. The molecule has 72 valence electrons. The van der Waals surface area contributed by atoms with Crippen LogP contribution < -0.4 is 11.5 Å². The van der Waals surface area contributed by atoms with E-state index < -0.39 is 0 Å². The Labute approximate surface area is 84.3 Å². The maximum atomic E-state index is 4.97. The molecule has 4 N–H and O–H groups in total. The van der Waals surface area contributed by atoms with Gasteiger partial charge in [0.2, 0.25) is 0 Å². The number of nitrogens with zero attached hydrogens (tertiary/aromatic N) is 1. The average Bonchev–Trinajstić information content (AvgIpc) is 2.18. The lowest BCUT2D eigenvalue weighted by Crippen LogP contribution is -2.23. The zero-order valence-electron chi connectivity index (χ0n) is 7.43. The highest BCUT2D eigenvalue weighted by Crippen LogP contribution is 1.79. The number of nitrogens with two attached hydrogens (primary N) is 2. The third-order valence-electron chi connectivity index (χ3n) is 1.06. The van der Waals surface area contributed by atoms with Crippen LogP contribution in [0.3, 0.4) is 0 Å². The molecule has 3 nitrogen and oxygen atoms in total. The van der Waals surface area contributed by atoms with Gasteiger partial charge in [-0.25, -0.2) is 0 Å². The molecule has 1 aromatic carbocycles. The molecule has 0 heterocycles. The van der Waals surface area contributed by atoms with Gasteiger partial charge in [0.1, 0.15) is 0 Å². The molecular formula is C9H15N3S. The fraction of sp³-hybridized carbons (Fsp3) is 0.222. The number of hydrogen-bond donors (Lipinski definition) is 3. The molecule has 0 amide bonds. The first-order valence-electron chi connectivity index (χ1n) is 3.93. The average molecular weight is 197 g/mol. The third kappa shape index (κ3) is 10.8. The van der Waals surface area contributed by atoms with Gasteiger partial charge in [0.25, 0.3) is 0 Å². The molecule has 0 saturated carbocycles. The van der Waals surface area contributed by atoms with Crippen LogP contribution in [0.1, 0.15) is 0 Å². The Hall–Kier alpha value is -1.16. The smallest absolute Gasteiger partial charge is 0.185 e. The van der Waals surface area contributed by atoms with E-state index in [1.54, 1.807) is 0 Å². The van der Waals surface area contributed by atoms with E-state index in [4.69, 9.17) is 11.5 Å². The van der Waals surface area contributed by atoms with Crippen LogP contribution in [0, 0.1) is 0 Å². The largest absolute Gasteiger partial charge is 0.370 e. The molecule has 0 bridgehead atoms. The summed E-state index contributed by atoms with van der Waals surface area (Å²) >= 11 is 3.88. The van der Waals surface area contributed by atoms with Crippen molar-refractivity contribution < 1.29 is 0 Å². The number of guanidine groups is 1. The van der Waals surface area contributed by atoms with Crippen LogP contribution in [-0.4, -0.2) is 18.3 Å². The highest BCUT2D eigenvalue weighted by molar-refractivity contribution is 7.80. The standard InChI is InChI=1S/C6H6.C3H9N3S/c1-2-4-6-5-3-1;4-3(5)6-1-2-7/h1-6H;7H,1-2H2,(H4,4,5,6). The molecule has 0 atom stereocenters. The predicted octanol–water partition coefficient (Wildman–Crippen LogP) is 0.876. The molecule has 13 heavy (non-hydrogen) atoms. The molecule has 0 aliphatic carbocycles. The summed E-state index contributed by atoms with van der Waals surface area (Å²) in [4.78, 5) is 3.64. The summed E-state index contributed by atoms with van der Waals surface area (Å²) < 4.78 is 0. The van der Waals surface area contributed by atoms with E-state index in [9.17, 15) is 0 Å². The fourth-order valence-electron chi connectivity index (χ4n) is 0.564. The molecule has 1 rings (SSSR count). The van der Waals surface area contributed by atoms with Crippen molar-refractivity contribution in [3.63, 3.8) is 0 Å². The molecule has 0 spiro atoms. The Balaban J connectivity index is 0.000000223. The van der Waals surface area contributed by atoms with Crippen LogP contribution in [0.5, 0.6) is 0 Å². The lowest BCUT2D eigenvalue weighted by atomic mass is 10.4. The quantitative estimate of drug-likeness (QED) is 0.374. The summed E-state index contributed by atoms with van der Waals surface area (Å²) in [5.41, 5.74) is 9.94. The van der Waals surface area contributed by atoms with Gasteiger partial charge in [-0.3, -0.25) is 4.99 Å². The Kier molecular flexibility index (Phi) is 8.14. The second kappa shape index (κ2) is 8.93. The normalized spacial score (nSPS) is 8.08. The number of rotatable bonds is 2. The summed E-state index contributed by atoms with van der Waals surface area (Å²) in [6.07, 6.45) is 0. The molecule has 0 unspecified atom stereocenters. The maximum absolute atomic E-state index is 4.97. The van der Waals surface area contributed by atoms with Crippen LogP contribution in [0.2, 0.25) is 0 Å². The summed E-state index contributed by atoms with van der Waals surface area (Å²) in [5, 5.41) is 0. The van der Waals surface area contributed by atoms with Crippen molar-refractivity contribution in [3.05, 3.63) is 36.4 Å². The SMILES string of the molecule is NC(N)=NCCS.c1ccccc1. The van der Waals surface area contributed by atoms with Crippen molar-refractivity contribution in [2.45, 2.75) is 0 Å². The van der Waals surface area contributed by atoms with E-state index in [1.807, 2.05) is 36.4 Å². The highest BCUT2D eigenvalue weighted by Gasteiger charge is 1.74. The molecule has 0 saturated heterocycles. The predicted molar refractivity (Wildman–Crippen MR) is 61.0 cm³/mol. The second-order valence-corrected chi connectivity index (χ2v) is 2.63. The molecule has 0 aliphatic heterocycles. The summed E-state index contributed by atoms with van der Waals surface area (Å²) in [6.45, 7) is 0.603. The summed E-state index contributed by atoms with van der Waals surface area (Å²) in [5.74, 6) is 0.826. The van der Waals surface area contributed by atoms with Crippen molar-refractivity contribution in [2.24, 2.45) is 16.5 Å². The van der Waals surface area contributed by atoms with Gasteiger partial charge in [-0.2, -0.15) is 12.6 Å². The van der Waals surface area contributed by atoms with Gasteiger partial charge in [-0.05, 0) is 0 Å². The lowest BCUT2D eigenvalue weighted by molar-refractivity contribution is 1.13. The maximum Gasteiger partial charge on any atom is 0.185 e. The van der Waals surface area contributed by atoms with Crippen molar-refractivity contribution in [2.75, 3.05) is 12.3 Å². The van der Waals surface area contributed by atoms with E-state index in [0.717, 1.165) is 0 Å². The second-order valence-electron chi connectivity index (χ2n) is 2.18. The summed E-state index contributed by atoms with van der Waals surface area (Å²) in [7, 11) is 0. The summed E-state index contributed by atoms with van der Waals surface area (Å²) in [6, 6.07) is 12.0. The zero-order valence-corrected chi connectivity index (χ0v) is 8.32. The van der Waals surface area contributed by atoms with Crippen LogP contribution >= 0.6 is 12.6 Å². The van der Waals surface area contributed by atoms with Gasteiger partial charge in [-0.1, -0.05) is 36.4 Å². The number of benzene rings is 1. The van der Waals surface area contributed by atoms with E-state index >= 15 is 0 Å². The molecule has 4 heteroatoms. The Morgan fingerprint density at radius 2 is 1.38 bits per heavy atom. The van der Waals surface area contributed by atoms with Crippen LogP contribution in [0.25, 0.3) is 0 Å². The first-order valence-corrected chi connectivity index (χ1v) is 4.57. The van der Waals surface area contributed by atoms with Gasteiger partial charge in [0, 0.05) is 5.75 Å². The molecule has 0 aliphatic rings. The molecule has 0 fully saturated rings. The van der Waals surface area contributed by atoms with Gasteiger partial charge < -0.3 is 11.5 Å². The van der Waals surface area contributed by atoms with Crippen molar-refractivity contribution in [3.8, 4) is 0 Å². The lowest BCUT2D eigenvalue weighted by Gasteiger charge is -1.86. The van der Waals surface area contributed by atoms with Crippen molar-refractivity contribution in [1.29, 1.82) is 0 Å². The minimum absolute atomic E-state index is 0.133. The van der Waals surface area contributed by atoms with Crippen LogP contribution in [-0.2, 0) is 0 Å². The number of thiol groups is 1. The Morgan fingerprint density at radius 3 is 1.54 bits per heavy atom. The van der Waals surface area contributed by atoms with Gasteiger partial charge in [-0.15, -0.1) is 0 Å². The zero-order chi connectivity index (χ0) is 9.94. The van der Waals surface area contributed by atoms with Gasteiger partial charge in [0.15, 0.2) is 5.96 Å². The molecule has 0 aromatic heterocycles. The molecular weight excluding hydrogens is 182 g/mol. The van der Waals surface area contributed by atoms with Crippen LogP contribution in [0.4, 0.5) is 0 Å². The van der Waals surface area contributed by atoms with Gasteiger partial charge in [0.05, 0.1) is 6.54 Å². The third-order valence-corrected chi connectivity index (χ3v) is 1.26. The topological polar surface area (TPSA) is 64.4 Å². The number of hydrogen-bond acceptors (Lipinski definition) is 2. The van der Waals surface area contributed by atoms with Crippen molar-refractivity contribution >= 4 is 18.6 Å². The van der Waals surface area contributed by atoms with E-state index in [-0.39, 0.29) is 5.96 Å². The van der Waals surface area contributed by atoms with Crippen LogP contribution in [0.15, 0.2) is 41.4 Å². The monoisotopic (exact) mass is 197 g/mol. The molecule has 1 aromatic rings. The number of aliphatic imine (C=N–C) groups is 1. The first kappa shape index (κ1) is 11.8. The fourth-order valence-corrected chi connectivity index (χ4v) is 0.664. The Bertz CT molecular complexity index is 193. The Morgan fingerprint density at radius 1 is 1.00 bits per heavy atom. The van der Waals surface area contributed by atoms with Crippen molar-refractivity contribution in [1.82, 2.24) is 0 Å². The van der Waals surface area contributed by atoms with E-state index in [0.29, 0.717) is 12.3 Å². The minimum Gasteiger partial charge on any atom is -0.370 e. The minimum atomic E-state index is 0.133. The first-order chi connectivity index (χ1) is 6.27. The molecule has 0 radical (unpaired) electrons. The van der Waals surface area contributed by atoms with E-state index in [2.05, 4.69) is 17.6 Å². The van der Waals surface area contributed by atoms with E-state index in [1.165, 1.54) is 0 Å².